The number of rotatable bonds is 6. The van der Waals surface area contributed by atoms with Crippen molar-refractivity contribution in [2.45, 2.75) is 42.2 Å². The Bertz CT molecular complexity index is 722. The Morgan fingerprint density at radius 2 is 1.80 bits per heavy atom. The summed E-state index contributed by atoms with van der Waals surface area (Å²) in [6.07, 6.45) is 0.183. The van der Waals surface area contributed by atoms with Crippen LogP contribution in [-0.4, -0.2) is 19.2 Å². The number of hydrogen-bond donors (Lipinski definition) is 0. The first-order chi connectivity index (χ1) is 12.0. The fourth-order valence-electron chi connectivity index (χ4n) is 2.95. The van der Waals surface area contributed by atoms with Crippen molar-refractivity contribution in [1.82, 2.24) is 0 Å². The maximum atomic E-state index is 14.8. The minimum Gasteiger partial charge on any atom is -0.497 e. The zero-order chi connectivity index (χ0) is 17.9. The number of esters is 1. The highest BCUT2D eigenvalue weighted by Gasteiger charge is 2.48. The number of benzene rings is 2. The van der Waals surface area contributed by atoms with Gasteiger partial charge in [-0.3, -0.25) is 4.79 Å². The molecule has 5 heteroatoms. The normalized spacial score (nSPS) is 22.1. The lowest BCUT2D eigenvalue weighted by Crippen LogP contribution is -2.43. The molecular weight excluding hydrogens is 339 g/mol. The molecule has 0 unspecified atom stereocenters. The van der Waals surface area contributed by atoms with Crippen LogP contribution in [0.5, 0.6) is 5.75 Å². The summed E-state index contributed by atoms with van der Waals surface area (Å²) < 4.78 is 25.0. The van der Waals surface area contributed by atoms with Crippen LogP contribution in [0.3, 0.4) is 0 Å². The highest BCUT2D eigenvalue weighted by Crippen LogP contribution is 2.47. The molecule has 0 amide bonds. The largest absolute Gasteiger partial charge is 0.497 e. The van der Waals surface area contributed by atoms with Crippen LogP contribution < -0.4 is 4.74 Å². The van der Waals surface area contributed by atoms with E-state index < -0.39 is 5.67 Å². The smallest absolute Gasteiger partial charge is 0.302 e. The standard InChI is InChI=1S/C20H21FO3S/c1-14(22)24-18-11-20(21,12-18)16-5-9-19(10-6-16)25-13-15-3-7-17(23-2)8-4-15/h3-10,18H,11-13H2,1-2H3/t18-,20+. The van der Waals surface area contributed by atoms with Gasteiger partial charge in [0.05, 0.1) is 7.11 Å². The number of ether oxygens (including phenoxy) is 2. The Balaban J connectivity index is 1.54. The van der Waals surface area contributed by atoms with E-state index in [-0.39, 0.29) is 24.9 Å². The van der Waals surface area contributed by atoms with Gasteiger partial charge in [-0.2, -0.15) is 0 Å². The van der Waals surface area contributed by atoms with Gasteiger partial charge in [0.2, 0.25) is 0 Å². The average molecular weight is 360 g/mol. The van der Waals surface area contributed by atoms with Crippen LogP contribution >= 0.6 is 11.8 Å². The molecule has 1 aliphatic rings. The molecule has 0 bridgehead atoms. The third-order valence-electron chi connectivity index (χ3n) is 4.37. The van der Waals surface area contributed by atoms with Gasteiger partial charge in [0, 0.05) is 30.4 Å². The minimum atomic E-state index is -1.38. The summed E-state index contributed by atoms with van der Waals surface area (Å²) in [6, 6.07) is 15.5. The molecule has 0 atom stereocenters. The van der Waals surface area contributed by atoms with Crippen molar-refractivity contribution in [3.63, 3.8) is 0 Å². The van der Waals surface area contributed by atoms with E-state index in [4.69, 9.17) is 9.47 Å². The number of carbonyl (C=O) groups is 1. The number of methoxy groups -OCH3 is 1. The van der Waals surface area contributed by atoms with Gasteiger partial charge in [0.15, 0.2) is 0 Å². The van der Waals surface area contributed by atoms with Crippen molar-refractivity contribution in [2.75, 3.05) is 7.11 Å². The molecule has 0 heterocycles. The molecule has 0 aromatic heterocycles. The molecule has 3 rings (SSSR count). The van der Waals surface area contributed by atoms with Crippen LogP contribution in [-0.2, 0) is 21.0 Å². The van der Waals surface area contributed by atoms with Crippen LogP contribution in [0.15, 0.2) is 53.4 Å². The summed E-state index contributed by atoms with van der Waals surface area (Å²) >= 11 is 1.71. The van der Waals surface area contributed by atoms with E-state index in [0.29, 0.717) is 5.56 Å². The fraction of sp³-hybridized carbons (Fsp3) is 0.350. The predicted octanol–water partition coefficient (Wildman–Crippen LogP) is 4.88. The molecule has 25 heavy (non-hydrogen) atoms. The lowest BCUT2D eigenvalue weighted by molar-refractivity contribution is -0.161. The summed E-state index contributed by atoms with van der Waals surface area (Å²) in [4.78, 5) is 12.0. The summed E-state index contributed by atoms with van der Waals surface area (Å²) in [5, 5.41) is 0. The highest BCUT2D eigenvalue weighted by atomic mass is 32.2. The Kier molecular flexibility index (Phi) is 5.33. The van der Waals surface area contributed by atoms with Gasteiger partial charge in [-0.05, 0) is 35.4 Å². The number of alkyl halides is 1. The molecule has 0 N–H and O–H groups in total. The Labute approximate surface area is 151 Å². The Morgan fingerprint density at radius 3 is 2.36 bits per heavy atom. The molecule has 0 aliphatic heterocycles. The summed E-state index contributed by atoms with van der Waals surface area (Å²) in [7, 11) is 1.65. The van der Waals surface area contributed by atoms with Gasteiger partial charge < -0.3 is 9.47 Å². The average Bonchev–Trinajstić information content (AvgIpc) is 2.59. The van der Waals surface area contributed by atoms with Gasteiger partial charge in [-0.15, -0.1) is 11.8 Å². The van der Waals surface area contributed by atoms with Gasteiger partial charge in [-0.25, -0.2) is 4.39 Å². The molecule has 2 aromatic rings. The van der Waals surface area contributed by atoms with Crippen molar-refractivity contribution >= 4 is 17.7 Å². The van der Waals surface area contributed by atoms with E-state index in [1.165, 1.54) is 12.5 Å². The van der Waals surface area contributed by atoms with E-state index in [1.54, 1.807) is 18.9 Å². The molecule has 2 aromatic carbocycles. The van der Waals surface area contributed by atoms with Crippen LogP contribution in [0.2, 0.25) is 0 Å². The second-order valence-corrected chi connectivity index (χ2v) is 7.31. The van der Waals surface area contributed by atoms with E-state index >= 15 is 0 Å². The van der Waals surface area contributed by atoms with Gasteiger partial charge in [0.25, 0.3) is 0 Å². The topological polar surface area (TPSA) is 35.5 Å². The molecule has 0 saturated heterocycles. The molecule has 3 nitrogen and oxygen atoms in total. The fourth-order valence-corrected chi connectivity index (χ4v) is 3.81. The highest BCUT2D eigenvalue weighted by molar-refractivity contribution is 7.98. The second kappa shape index (κ2) is 7.48. The SMILES string of the molecule is COc1ccc(CSc2ccc([C@]3(F)C[C@@H](OC(C)=O)C3)cc2)cc1. The molecule has 1 saturated carbocycles. The van der Waals surface area contributed by atoms with Crippen LogP contribution in [0.4, 0.5) is 4.39 Å². The van der Waals surface area contributed by atoms with Crippen molar-refractivity contribution in [2.24, 2.45) is 0 Å². The molecular formula is C20H21FO3S. The monoisotopic (exact) mass is 360 g/mol. The first-order valence-corrected chi connectivity index (χ1v) is 9.19. The maximum absolute atomic E-state index is 14.8. The number of halogens is 1. The van der Waals surface area contributed by atoms with E-state index in [2.05, 4.69) is 0 Å². The molecule has 1 fully saturated rings. The van der Waals surface area contributed by atoms with Crippen LogP contribution in [0.25, 0.3) is 0 Å². The first-order valence-electron chi connectivity index (χ1n) is 8.21. The van der Waals surface area contributed by atoms with Crippen LogP contribution in [0.1, 0.15) is 30.9 Å². The third kappa shape index (κ3) is 4.34. The van der Waals surface area contributed by atoms with Crippen molar-refractivity contribution in [3.8, 4) is 5.75 Å². The van der Waals surface area contributed by atoms with E-state index in [1.807, 2.05) is 48.5 Å². The molecule has 132 valence electrons. The van der Waals surface area contributed by atoms with Crippen molar-refractivity contribution in [3.05, 3.63) is 59.7 Å². The summed E-state index contributed by atoms with van der Waals surface area (Å²) in [5.41, 5.74) is 0.490. The number of carbonyl (C=O) groups excluding carboxylic acids is 1. The zero-order valence-electron chi connectivity index (χ0n) is 14.3. The van der Waals surface area contributed by atoms with Gasteiger partial charge in [-0.1, -0.05) is 24.3 Å². The predicted molar refractivity (Wildman–Crippen MR) is 96.6 cm³/mol. The van der Waals surface area contributed by atoms with E-state index in [0.717, 1.165) is 16.4 Å². The second-order valence-electron chi connectivity index (χ2n) is 6.27. The first kappa shape index (κ1) is 17.8. The minimum absolute atomic E-state index is 0.241. The van der Waals surface area contributed by atoms with Gasteiger partial charge >= 0.3 is 5.97 Å². The third-order valence-corrected chi connectivity index (χ3v) is 5.45. The molecule has 1 aliphatic carbocycles. The molecule has 0 radical (unpaired) electrons. The van der Waals surface area contributed by atoms with E-state index in [9.17, 15) is 9.18 Å². The number of hydrogen-bond acceptors (Lipinski definition) is 4. The van der Waals surface area contributed by atoms with Crippen LogP contribution in [0, 0.1) is 0 Å². The maximum Gasteiger partial charge on any atom is 0.302 e. The zero-order valence-corrected chi connectivity index (χ0v) is 15.1. The van der Waals surface area contributed by atoms with Crippen molar-refractivity contribution < 1.29 is 18.7 Å². The van der Waals surface area contributed by atoms with Crippen molar-refractivity contribution in [1.29, 1.82) is 0 Å². The lowest BCUT2D eigenvalue weighted by atomic mass is 9.74. The summed E-state index contributed by atoms with van der Waals surface area (Å²) in [6.45, 7) is 1.35. The lowest BCUT2D eigenvalue weighted by Gasteiger charge is -2.40. The molecule has 0 spiro atoms. The Hall–Kier alpha value is -2.01. The Morgan fingerprint density at radius 1 is 1.16 bits per heavy atom. The summed E-state index contributed by atoms with van der Waals surface area (Å²) in [5.74, 6) is 1.34. The van der Waals surface area contributed by atoms with Gasteiger partial charge in [0.1, 0.15) is 17.5 Å². The number of thioether (sulfide) groups is 1. The quantitative estimate of drug-likeness (QED) is 0.543.